The number of aliphatic hydroxyl groups is 1. The van der Waals surface area contributed by atoms with Gasteiger partial charge in [-0.3, -0.25) is 4.79 Å². The summed E-state index contributed by atoms with van der Waals surface area (Å²) in [6.07, 6.45) is 55.6. The zero-order valence-electron chi connectivity index (χ0n) is 77.2. The topological polar surface area (TPSA) is 110 Å². The molecule has 0 bridgehead atoms. The molecule has 11 aliphatic carbocycles. The van der Waals surface area contributed by atoms with Crippen LogP contribution in [0.4, 0.5) is 0 Å². The van der Waals surface area contributed by atoms with Crippen molar-refractivity contribution in [1.82, 2.24) is 0 Å². The van der Waals surface area contributed by atoms with Crippen LogP contribution in [0.25, 0.3) is 0 Å². The molecule has 0 aliphatic heterocycles. The van der Waals surface area contributed by atoms with Gasteiger partial charge in [0.25, 0.3) is 0 Å². The van der Waals surface area contributed by atoms with E-state index in [0.717, 1.165) is 75.5 Å². The van der Waals surface area contributed by atoms with Gasteiger partial charge in [0.2, 0.25) is 0 Å². The average Bonchev–Trinajstić information content (AvgIpc) is 1.65. The number of hydrogen-bond donors (Lipinski definition) is 1. The van der Waals surface area contributed by atoms with Crippen LogP contribution in [-0.4, -0.2) is 93.1 Å². The number of Topliss-reactive ketones (excluding diaryl/α,β-unsaturated/α-hetero) is 1. The van der Waals surface area contributed by atoms with Crippen LogP contribution in [0, 0.1) is 116 Å². The number of hydrogen-bond acceptors (Lipinski definition) is 9. The molecule has 0 aromatic rings. The Morgan fingerprint density at radius 2 is 0.830 bits per heavy atom. The van der Waals surface area contributed by atoms with Gasteiger partial charge in [-0.2, -0.15) is 0 Å². The number of ether oxygens (including phenoxy) is 4. The minimum atomic E-state index is -1.73. The third-order valence-electron chi connectivity index (χ3n) is 33.7. The number of fused-ring (bicyclic) bond motifs is 4. The summed E-state index contributed by atoms with van der Waals surface area (Å²) >= 11 is 0. The van der Waals surface area contributed by atoms with E-state index in [1.807, 2.05) is 0 Å². The fourth-order valence-corrected chi connectivity index (χ4v) is 27.6. The molecular formula is C101H172O9Si2. The van der Waals surface area contributed by atoms with Crippen LogP contribution in [0.15, 0.2) is 94.2 Å². The summed E-state index contributed by atoms with van der Waals surface area (Å²) in [7, 11) is 3.51. The van der Waals surface area contributed by atoms with Crippen LogP contribution >= 0.6 is 0 Å². The van der Waals surface area contributed by atoms with Crippen LogP contribution in [0.1, 0.15) is 318 Å². The lowest BCUT2D eigenvalue weighted by Gasteiger charge is -2.45. The van der Waals surface area contributed by atoms with Gasteiger partial charge in [0.05, 0.1) is 6.10 Å². The van der Waals surface area contributed by atoms with Gasteiger partial charge >= 0.3 is 0 Å². The first-order chi connectivity index (χ1) is 52.4. The molecule has 0 heterocycles. The molecule has 0 saturated heterocycles. The Hall–Kier alpha value is -2.59. The lowest BCUT2D eigenvalue weighted by Crippen LogP contribution is -2.45. The van der Waals surface area contributed by atoms with Gasteiger partial charge in [-0.1, -0.05) is 220 Å². The normalized spacial score (nSPS) is 37.6. The van der Waals surface area contributed by atoms with Crippen LogP contribution in [0.2, 0.25) is 36.3 Å². The molecule has 9 nitrogen and oxygen atoms in total. The quantitative estimate of drug-likeness (QED) is 0.0520. The van der Waals surface area contributed by atoms with Crippen LogP contribution in [-0.2, 0) is 37.4 Å². The predicted molar refractivity (Wildman–Crippen MR) is 477 cm³/mol. The van der Waals surface area contributed by atoms with Gasteiger partial charge in [-0.05, 0) is 314 Å². The van der Waals surface area contributed by atoms with Crippen molar-refractivity contribution in [3.8, 4) is 0 Å². The summed E-state index contributed by atoms with van der Waals surface area (Å²) in [5.74, 6) is 9.87. The first-order valence-corrected chi connectivity index (χ1v) is 51.9. The van der Waals surface area contributed by atoms with Crippen molar-refractivity contribution in [1.29, 1.82) is 0 Å². The molecule has 1 N–H and O–H groups in total. The molecule has 0 aromatic carbocycles. The monoisotopic (exact) mass is 1590 g/mol. The van der Waals surface area contributed by atoms with Crippen LogP contribution in [0.3, 0.4) is 0 Å². The van der Waals surface area contributed by atoms with Gasteiger partial charge in [0, 0.05) is 70.7 Å². The molecule has 11 fully saturated rings. The van der Waals surface area contributed by atoms with E-state index in [1.165, 1.54) is 146 Å². The second-order valence-electron chi connectivity index (χ2n) is 43.7. The van der Waals surface area contributed by atoms with Crippen LogP contribution < -0.4 is 0 Å². The van der Waals surface area contributed by atoms with Crippen molar-refractivity contribution in [2.24, 2.45) is 116 Å². The lowest BCUT2D eigenvalue weighted by atomic mass is 9.61. The third-order valence-corrected chi connectivity index (χ3v) is 42.8. The molecule has 11 heteroatoms. The van der Waals surface area contributed by atoms with E-state index in [2.05, 4.69) is 213 Å². The maximum Gasteiger partial charge on any atom is 0.192 e. The average molecular weight is 1590 g/mol. The fraction of sp³-hybridized carbons (Fsp3) is 0.822. The highest BCUT2D eigenvalue weighted by atomic mass is 28.4. The van der Waals surface area contributed by atoms with E-state index in [0.29, 0.717) is 99.3 Å². The van der Waals surface area contributed by atoms with E-state index in [4.69, 9.17) is 27.8 Å². The van der Waals surface area contributed by atoms with Gasteiger partial charge in [-0.15, -0.1) is 0 Å². The number of allylic oxidation sites excluding steroid dienone is 12. The Labute approximate surface area is 690 Å². The number of aldehydes is 1. The van der Waals surface area contributed by atoms with Gasteiger partial charge in [-0.25, -0.2) is 0 Å². The molecule has 22 atom stereocenters. The maximum atomic E-state index is 12.1. The van der Waals surface area contributed by atoms with Crippen molar-refractivity contribution < 1.29 is 42.5 Å². The van der Waals surface area contributed by atoms with E-state index in [1.54, 1.807) is 56.3 Å². The molecule has 11 aliphatic rings. The molecule has 11 saturated carbocycles. The Bertz CT molecular complexity index is 3290. The smallest absolute Gasteiger partial charge is 0.192 e. The zero-order chi connectivity index (χ0) is 82.9. The minimum Gasteiger partial charge on any atom is -0.414 e. The Balaban J connectivity index is 0.000000191. The van der Waals surface area contributed by atoms with Crippen molar-refractivity contribution in [2.45, 2.75) is 385 Å². The van der Waals surface area contributed by atoms with Gasteiger partial charge in [0.15, 0.2) is 29.2 Å². The summed E-state index contributed by atoms with van der Waals surface area (Å²) in [4.78, 5) is 23.6. The molecule has 0 amide bonds. The Morgan fingerprint density at radius 1 is 0.464 bits per heavy atom. The van der Waals surface area contributed by atoms with Gasteiger partial charge in [0.1, 0.15) is 12.1 Å². The Kier molecular flexibility index (Phi) is 34.1. The van der Waals surface area contributed by atoms with Crippen LogP contribution in [0.5, 0.6) is 0 Å². The highest BCUT2D eigenvalue weighted by Gasteiger charge is 2.56. The molecule has 0 radical (unpaired) electrons. The number of methoxy groups -OCH3 is 4. The summed E-state index contributed by atoms with van der Waals surface area (Å²) < 4.78 is 35.9. The first kappa shape index (κ1) is 94.9. The summed E-state index contributed by atoms with van der Waals surface area (Å²) in [6.45, 7) is 58.7. The number of carbonyl (C=O) groups excluding carboxylic acids is 2. The fourth-order valence-electron chi connectivity index (χ4n) is 24.9. The SMILES string of the molecule is C=C1CC[C@H](O)C/C1=C/C=C1\CCC[C@]2(C)[C@@H]([C@H](C)/C=C/[C@H](C)C(C)C)CC[C@@H]12.COC(OC)[C@@H](C)[C@H]1CC[C@H]2/C(=C/C=C3/C[C@@H](C)C[C@H](O[Si](C)(C)C(C)(C)C)C3)CCC[C@]12C.COC(OC)[C@@H](C)[C@H]1CC[C@H]2C(=O)CCC[C@]12C.C[C@@H]1C/C(=C/C=C2\CCC[C@]3(C)[C@@H]([C@H](C)C=O)CC[C@@H]23)C[C@@H](O[Si](C)(C)C(C)(C)C)C1. The second-order valence-corrected chi connectivity index (χ2v) is 53.2. The Morgan fingerprint density at radius 3 is 1.22 bits per heavy atom. The molecule has 0 aromatic heterocycles. The number of ketones is 1. The summed E-state index contributed by atoms with van der Waals surface area (Å²) in [6, 6.07) is 0. The zero-order valence-corrected chi connectivity index (χ0v) is 79.2. The third kappa shape index (κ3) is 22.5. The van der Waals surface area contributed by atoms with Crippen molar-refractivity contribution in [3.05, 3.63) is 94.2 Å². The van der Waals surface area contributed by atoms with Crippen molar-refractivity contribution >= 4 is 28.7 Å². The van der Waals surface area contributed by atoms with E-state index in [9.17, 15) is 14.7 Å². The highest BCUT2D eigenvalue weighted by Crippen LogP contribution is 2.63. The molecule has 0 spiro atoms. The molecule has 112 heavy (non-hydrogen) atoms. The summed E-state index contributed by atoms with van der Waals surface area (Å²) in [5.41, 5.74) is 12.0. The standard InChI is InChI=1S/C30H54O3Si.C28H48O2Si.C28H44O.C15H26O3/c1-21-18-23(20-25(19-21)33-34(9,10)29(3,4)5)13-14-24-12-11-17-30(6)26(15-16-27(24)30)22(2)28(31-7)32-8;1-20-16-22(18-24(17-20)30-31(7,8)27(3,4)5)11-12-23-10-9-15-28(6)25(21(2)19-29)13-14-26(23)28;1-19(2)20(3)9-10-22(5)26-15-16-27-23(8-7-17-28(26,27)6)12-13-24-18-25(29)14-11-21(24)4;1-10(14(17-3)18-4)11-7-8-12-13(16)6-5-9-15(11,12)2/h13-14,21-22,25-28H,11-12,15-20H2,1-10H3;11-12,19-21,24-26H,9-10,13-18H2,1-8H3;9-10,12-13,19-20,22,25-27,29H,4,7-8,11,14-18H2,1-3,5-6H3;10-12,14H,5-9H2,1-4H3/b23-13-,24-14+;22-11-,23-12+;10-9+,23-12+,24-13-;/t21-,22+,25+,26-,27+,30-;20-,21-,24+,25-,26+,28-;20-,22+,25-,26+,27-,28+;10-,11+,12-,15+/m1100/s1. The molecule has 11 rings (SSSR count). The predicted octanol–water partition coefficient (Wildman–Crippen LogP) is 27.3. The lowest BCUT2D eigenvalue weighted by molar-refractivity contribution is -0.158. The first-order valence-electron chi connectivity index (χ1n) is 46.1. The van der Waals surface area contributed by atoms with Crippen molar-refractivity contribution in [3.63, 3.8) is 0 Å². The second kappa shape index (κ2) is 40.2. The number of rotatable bonds is 21. The molecule has 638 valence electrons. The molecular weight excluding hydrogens is 1410 g/mol. The van der Waals surface area contributed by atoms with E-state index < -0.39 is 16.6 Å². The van der Waals surface area contributed by atoms with E-state index in [-0.39, 0.29) is 46.0 Å². The van der Waals surface area contributed by atoms with E-state index >= 15 is 0 Å². The largest absolute Gasteiger partial charge is 0.414 e. The number of carbonyl (C=O) groups is 2. The highest BCUT2D eigenvalue weighted by molar-refractivity contribution is 6.74. The molecule has 0 unspecified atom stereocenters. The van der Waals surface area contributed by atoms with Gasteiger partial charge < -0.3 is 37.7 Å². The minimum absolute atomic E-state index is 0.0985. The van der Waals surface area contributed by atoms with Crippen molar-refractivity contribution in [2.75, 3.05) is 28.4 Å². The summed E-state index contributed by atoms with van der Waals surface area (Å²) in [5, 5.41) is 10.6. The maximum absolute atomic E-state index is 12.1. The number of aliphatic hydroxyl groups excluding tert-OH is 1.